The molecule has 0 aromatic heterocycles. The van der Waals surface area contributed by atoms with Crippen LogP contribution < -0.4 is 0 Å². The van der Waals surface area contributed by atoms with E-state index >= 15 is 0 Å². The zero-order valence-electron chi connectivity index (χ0n) is 12.0. The van der Waals surface area contributed by atoms with Crippen molar-refractivity contribution in [2.24, 2.45) is 0 Å². The zero-order chi connectivity index (χ0) is 15.4. The molecule has 0 spiro atoms. The van der Waals surface area contributed by atoms with E-state index in [4.69, 9.17) is 9.47 Å². The fourth-order valence-corrected chi connectivity index (χ4v) is 2.43. The van der Waals surface area contributed by atoms with Crippen molar-refractivity contribution < 1.29 is 19.1 Å². The van der Waals surface area contributed by atoms with Crippen molar-refractivity contribution in [3.63, 3.8) is 0 Å². The number of benzene rings is 2. The van der Waals surface area contributed by atoms with E-state index in [0.717, 1.165) is 11.1 Å². The third-order valence-electron chi connectivity index (χ3n) is 3.57. The Kier molecular flexibility index (Phi) is 4.19. The van der Waals surface area contributed by atoms with E-state index in [2.05, 4.69) is 0 Å². The van der Waals surface area contributed by atoms with Crippen LogP contribution in [0.3, 0.4) is 0 Å². The van der Waals surface area contributed by atoms with Gasteiger partial charge in [0.1, 0.15) is 0 Å². The number of ether oxygens (including phenoxy) is 2. The molecule has 1 fully saturated rings. The molecule has 2 aromatic carbocycles. The molecule has 4 nitrogen and oxygen atoms in total. The number of rotatable bonds is 4. The Labute approximate surface area is 128 Å². The van der Waals surface area contributed by atoms with Crippen LogP contribution in [0.5, 0.6) is 0 Å². The number of carbonyl (C=O) groups is 2. The van der Waals surface area contributed by atoms with Crippen molar-refractivity contribution in [1.82, 2.24) is 0 Å². The molecule has 0 saturated carbocycles. The predicted molar refractivity (Wildman–Crippen MR) is 80.1 cm³/mol. The molecule has 1 heterocycles. The molecule has 1 aliphatic heterocycles. The van der Waals surface area contributed by atoms with Crippen molar-refractivity contribution in [3.8, 4) is 0 Å². The SMILES string of the molecule is O=C1O[C@@H](Cc2ccccc2)C(=O)O[C@H]1Cc1ccccc1. The summed E-state index contributed by atoms with van der Waals surface area (Å²) in [6.45, 7) is 0. The van der Waals surface area contributed by atoms with Crippen molar-refractivity contribution in [1.29, 1.82) is 0 Å². The van der Waals surface area contributed by atoms with Crippen LogP contribution in [0.15, 0.2) is 60.7 Å². The third kappa shape index (κ3) is 3.34. The first-order chi connectivity index (χ1) is 10.7. The van der Waals surface area contributed by atoms with Gasteiger partial charge in [-0.1, -0.05) is 60.7 Å². The maximum Gasteiger partial charge on any atom is 0.348 e. The highest BCUT2D eigenvalue weighted by Crippen LogP contribution is 2.18. The van der Waals surface area contributed by atoms with Gasteiger partial charge < -0.3 is 9.47 Å². The van der Waals surface area contributed by atoms with E-state index in [0.29, 0.717) is 12.8 Å². The van der Waals surface area contributed by atoms with Crippen LogP contribution in [0.1, 0.15) is 11.1 Å². The first-order valence-electron chi connectivity index (χ1n) is 7.21. The van der Waals surface area contributed by atoms with Gasteiger partial charge in [0, 0.05) is 12.8 Å². The van der Waals surface area contributed by atoms with Gasteiger partial charge in [-0.15, -0.1) is 0 Å². The largest absolute Gasteiger partial charge is 0.447 e. The quantitative estimate of drug-likeness (QED) is 0.812. The molecular weight excluding hydrogens is 280 g/mol. The standard InChI is InChI=1S/C18H16O4/c19-17-15(11-13-7-3-1-4-8-13)21-18(20)16(22-17)12-14-9-5-2-6-10-14/h1-10,15-16H,11-12H2/t15-,16-/m0/s1. The van der Waals surface area contributed by atoms with Crippen molar-refractivity contribution in [3.05, 3.63) is 71.8 Å². The molecule has 22 heavy (non-hydrogen) atoms. The summed E-state index contributed by atoms with van der Waals surface area (Å²) in [5, 5.41) is 0. The Hall–Kier alpha value is -2.62. The topological polar surface area (TPSA) is 52.6 Å². The van der Waals surface area contributed by atoms with Gasteiger partial charge in [0.2, 0.25) is 12.2 Å². The maximum absolute atomic E-state index is 12.0. The first kappa shape index (κ1) is 14.3. The van der Waals surface area contributed by atoms with E-state index in [1.165, 1.54) is 0 Å². The second-order valence-corrected chi connectivity index (χ2v) is 5.23. The molecule has 0 radical (unpaired) electrons. The average molecular weight is 296 g/mol. The molecule has 112 valence electrons. The van der Waals surface area contributed by atoms with Crippen LogP contribution in [0, 0.1) is 0 Å². The van der Waals surface area contributed by atoms with E-state index in [9.17, 15) is 9.59 Å². The molecule has 0 unspecified atom stereocenters. The van der Waals surface area contributed by atoms with Gasteiger partial charge in [-0.05, 0) is 11.1 Å². The van der Waals surface area contributed by atoms with Crippen LogP contribution in [-0.4, -0.2) is 24.1 Å². The number of cyclic esters (lactones) is 2. The lowest BCUT2D eigenvalue weighted by molar-refractivity contribution is -0.194. The Morgan fingerprint density at radius 1 is 0.636 bits per heavy atom. The van der Waals surface area contributed by atoms with E-state index in [1.807, 2.05) is 60.7 Å². The lowest BCUT2D eigenvalue weighted by atomic mass is 10.0. The lowest BCUT2D eigenvalue weighted by Gasteiger charge is -2.27. The minimum absolute atomic E-state index is 0.337. The van der Waals surface area contributed by atoms with Gasteiger partial charge in [0.15, 0.2) is 0 Å². The Morgan fingerprint density at radius 2 is 1.00 bits per heavy atom. The van der Waals surface area contributed by atoms with E-state index in [-0.39, 0.29) is 0 Å². The summed E-state index contributed by atoms with van der Waals surface area (Å²) >= 11 is 0. The Morgan fingerprint density at radius 3 is 1.36 bits per heavy atom. The van der Waals surface area contributed by atoms with E-state index in [1.54, 1.807) is 0 Å². The molecule has 2 atom stereocenters. The highest BCUT2D eigenvalue weighted by Gasteiger charge is 2.38. The second-order valence-electron chi connectivity index (χ2n) is 5.23. The van der Waals surface area contributed by atoms with Gasteiger partial charge in [-0.25, -0.2) is 9.59 Å². The summed E-state index contributed by atoms with van der Waals surface area (Å²) in [6.07, 6.45) is -1.05. The van der Waals surface area contributed by atoms with Gasteiger partial charge in [-0.2, -0.15) is 0 Å². The highest BCUT2D eigenvalue weighted by molar-refractivity contribution is 5.87. The summed E-state index contributed by atoms with van der Waals surface area (Å²) in [7, 11) is 0. The fourth-order valence-electron chi connectivity index (χ4n) is 2.43. The highest BCUT2D eigenvalue weighted by atomic mass is 16.6. The van der Waals surface area contributed by atoms with Gasteiger partial charge >= 0.3 is 11.9 Å². The van der Waals surface area contributed by atoms with Crippen LogP contribution in [-0.2, 0) is 31.9 Å². The molecule has 0 bridgehead atoms. The maximum atomic E-state index is 12.0. The van der Waals surface area contributed by atoms with Gasteiger partial charge in [-0.3, -0.25) is 0 Å². The molecular formula is C18H16O4. The lowest BCUT2D eigenvalue weighted by Crippen LogP contribution is -2.45. The van der Waals surface area contributed by atoms with Gasteiger partial charge in [0.05, 0.1) is 0 Å². The molecule has 0 amide bonds. The van der Waals surface area contributed by atoms with Gasteiger partial charge in [0.25, 0.3) is 0 Å². The van der Waals surface area contributed by atoms with Crippen LogP contribution >= 0.6 is 0 Å². The van der Waals surface area contributed by atoms with Crippen molar-refractivity contribution >= 4 is 11.9 Å². The predicted octanol–water partition coefficient (Wildman–Crippen LogP) is 2.31. The number of carbonyl (C=O) groups excluding carboxylic acids is 2. The third-order valence-corrected chi connectivity index (χ3v) is 3.57. The van der Waals surface area contributed by atoms with Crippen molar-refractivity contribution in [2.75, 3.05) is 0 Å². The fraction of sp³-hybridized carbons (Fsp3) is 0.222. The zero-order valence-corrected chi connectivity index (χ0v) is 12.0. The number of hydrogen-bond donors (Lipinski definition) is 0. The van der Waals surface area contributed by atoms with Crippen LogP contribution in [0.4, 0.5) is 0 Å². The molecule has 4 heteroatoms. The minimum atomic E-state index is -0.859. The molecule has 1 saturated heterocycles. The Bertz CT molecular complexity index is 592. The first-order valence-corrected chi connectivity index (χ1v) is 7.21. The monoisotopic (exact) mass is 296 g/mol. The minimum Gasteiger partial charge on any atom is -0.447 e. The number of esters is 2. The normalized spacial score (nSPS) is 21.1. The second kappa shape index (κ2) is 6.43. The molecule has 3 rings (SSSR count). The summed E-state index contributed by atoms with van der Waals surface area (Å²) in [6, 6.07) is 18.8. The smallest absolute Gasteiger partial charge is 0.348 e. The summed E-state index contributed by atoms with van der Waals surface area (Å²) in [4.78, 5) is 24.1. The number of hydrogen-bond acceptors (Lipinski definition) is 4. The Balaban J connectivity index is 1.64. The molecule has 0 N–H and O–H groups in total. The molecule has 2 aromatic rings. The molecule has 1 aliphatic rings. The van der Waals surface area contributed by atoms with E-state index < -0.39 is 24.1 Å². The summed E-state index contributed by atoms with van der Waals surface area (Å²) in [5.74, 6) is -0.964. The summed E-state index contributed by atoms with van der Waals surface area (Å²) in [5.41, 5.74) is 1.86. The molecule has 0 aliphatic carbocycles. The summed E-state index contributed by atoms with van der Waals surface area (Å²) < 4.78 is 10.5. The average Bonchev–Trinajstić information content (AvgIpc) is 2.54. The van der Waals surface area contributed by atoms with Crippen LogP contribution in [0.2, 0.25) is 0 Å². The van der Waals surface area contributed by atoms with Crippen LogP contribution in [0.25, 0.3) is 0 Å². The van der Waals surface area contributed by atoms with Crippen molar-refractivity contribution in [2.45, 2.75) is 25.0 Å².